The molecule has 0 saturated carbocycles. The van der Waals surface area contributed by atoms with Gasteiger partial charge in [0.2, 0.25) is 6.79 Å². The lowest BCUT2D eigenvalue weighted by molar-refractivity contribution is -0.131. The van der Waals surface area contributed by atoms with Crippen molar-refractivity contribution < 1.29 is 19.1 Å². The number of benzene rings is 1. The number of thiazole rings is 1. The third-order valence-electron chi connectivity index (χ3n) is 4.85. The number of rotatable bonds is 4. The molecule has 1 unspecified atom stereocenters. The summed E-state index contributed by atoms with van der Waals surface area (Å²) in [5.74, 6) is 1.32. The number of ether oxygens (including phenoxy) is 2. The number of hydrogen-bond donors (Lipinski definition) is 1. The molecule has 146 valence electrons. The van der Waals surface area contributed by atoms with Crippen molar-refractivity contribution in [3.05, 3.63) is 53.3 Å². The van der Waals surface area contributed by atoms with Gasteiger partial charge in [-0.05, 0) is 30.7 Å². The van der Waals surface area contributed by atoms with E-state index in [1.165, 1.54) is 11.3 Å². The molecule has 1 fully saturated rings. The molecule has 1 atom stereocenters. The highest BCUT2D eigenvalue weighted by molar-refractivity contribution is 7.13. The first-order valence-electron chi connectivity index (χ1n) is 8.80. The molecule has 0 aliphatic carbocycles. The van der Waals surface area contributed by atoms with E-state index < -0.39 is 11.6 Å². The smallest absolute Gasteiger partial charge is 0.325 e. The van der Waals surface area contributed by atoms with E-state index in [4.69, 9.17) is 9.47 Å². The Kier molecular flexibility index (Phi) is 3.95. The highest BCUT2D eigenvalue weighted by atomic mass is 32.1. The largest absolute Gasteiger partial charge is 0.454 e. The molecule has 1 aromatic carbocycles. The standard InChI is InChI=1S/C19H15N5O4S/c1-19(11-3-4-13-14(7-11)28-10-27-13)17(25)24(18(26)23-19)8-12-9-29-16(22-12)15-20-5-2-6-21-15/h2-7,9H,8,10H2,1H3,(H,23,26). The van der Waals surface area contributed by atoms with Gasteiger partial charge in [0.15, 0.2) is 22.3 Å². The molecular formula is C19H15N5O4S. The molecule has 5 rings (SSSR count). The molecule has 0 bridgehead atoms. The Morgan fingerprint density at radius 3 is 2.83 bits per heavy atom. The quantitative estimate of drug-likeness (QED) is 0.659. The summed E-state index contributed by atoms with van der Waals surface area (Å²) in [6.45, 7) is 1.88. The van der Waals surface area contributed by atoms with Crippen molar-refractivity contribution in [2.75, 3.05) is 6.79 Å². The molecule has 3 aromatic rings. The van der Waals surface area contributed by atoms with E-state index in [0.717, 1.165) is 4.90 Å². The zero-order chi connectivity index (χ0) is 20.0. The highest BCUT2D eigenvalue weighted by Gasteiger charge is 2.49. The van der Waals surface area contributed by atoms with Gasteiger partial charge in [0.25, 0.3) is 5.91 Å². The van der Waals surface area contributed by atoms with E-state index in [9.17, 15) is 9.59 Å². The van der Waals surface area contributed by atoms with Crippen molar-refractivity contribution in [1.29, 1.82) is 0 Å². The molecule has 2 aliphatic heterocycles. The molecule has 2 aromatic heterocycles. The first-order chi connectivity index (χ1) is 14.0. The number of imide groups is 1. The minimum atomic E-state index is -1.19. The fraction of sp³-hybridized carbons (Fsp3) is 0.211. The second-order valence-electron chi connectivity index (χ2n) is 6.73. The average Bonchev–Trinajstić information content (AvgIpc) is 3.44. The van der Waals surface area contributed by atoms with Gasteiger partial charge in [0, 0.05) is 17.8 Å². The van der Waals surface area contributed by atoms with Gasteiger partial charge in [-0.3, -0.25) is 9.69 Å². The summed E-state index contributed by atoms with van der Waals surface area (Å²) in [4.78, 5) is 39.7. The second kappa shape index (κ2) is 6.52. The van der Waals surface area contributed by atoms with Gasteiger partial charge in [-0.25, -0.2) is 19.7 Å². The molecule has 3 amide bonds. The van der Waals surface area contributed by atoms with E-state index >= 15 is 0 Å². The monoisotopic (exact) mass is 409 g/mol. The van der Waals surface area contributed by atoms with Crippen LogP contribution in [0.1, 0.15) is 18.2 Å². The maximum absolute atomic E-state index is 13.1. The number of urea groups is 1. The van der Waals surface area contributed by atoms with Gasteiger partial charge >= 0.3 is 6.03 Å². The minimum Gasteiger partial charge on any atom is -0.454 e. The summed E-state index contributed by atoms with van der Waals surface area (Å²) in [6, 6.07) is 6.46. The minimum absolute atomic E-state index is 0.0636. The van der Waals surface area contributed by atoms with Crippen molar-refractivity contribution in [1.82, 2.24) is 25.2 Å². The van der Waals surface area contributed by atoms with E-state index in [1.54, 1.807) is 49.0 Å². The van der Waals surface area contributed by atoms with Crippen LogP contribution < -0.4 is 14.8 Å². The lowest BCUT2D eigenvalue weighted by Gasteiger charge is -2.22. The molecule has 1 saturated heterocycles. The summed E-state index contributed by atoms with van der Waals surface area (Å²) in [5, 5.41) is 5.21. The van der Waals surface area contributed by atoms with Crippen molar-refractivity contribution in [3.8, 4) is 22.3 Å². The predicted molar refractivity (Wildman–Crippen MR) is 102 cm³/mol. The topological polar surface area (TPSA) is 107 Å². The molecule has 29 heavy (non-hydrogen) atoms. The number of fused-ring (bicyclic) bond motifs is 1. The van der Waals surface area contributed by atoms with Crippen LogP contribution in [0.5, 0.6) is 11.5 Å². The molecule has 10 heteroatoms. The molecule has 0 radical (unpaired) electrons. The van der Waals surface area contributed by atoms with Crippen molar-refractivity contribution >= 4 is 23.3 Å². The third-order valence-corrected chi connectivity index (χ3v) is 5.74. The van der Waals surface area contributed by atoms with E-state index in [2.05, 4.69) is 20.3 Å². The van der Waals surface area contributed by atoms with Crippen LogP contribution in [0.2, 0.25) is 0 Å². The SMILES string of the molecule is CC1(c2ccc3c(c2)OCO3)NC(=O)N(Cc2csc(-c3ncccn3)n2)C1=O. The zero-order valence-electron chi connectivity index (χ0n) is 15.3. The lowest BCUT2D eigenvalue weighted by atomic mass is 9.91. The fourth-order valence-electron chi connectivity index (χ4n) is 3.30. The maximum Gasteiger partial charge on any atom is 0.325 e. The Labute approximate surface area is 169 Å². The Morgan fingerprint density at radius 2 is 2.00 bits per heavy atom. The zero-order valence-corrected chi connectivity index (χ0v) is 16.1. The van der Waals surface area contributed by atoms with Crippen molar-refractivity contribution in [3.63, 3.8) is 0 Å². The highest BCUT2D eigenvalue weighted by Crippen LogP contribution is 2.38. The molecule has 1 N–H and O–H groups in total. The summed E-state index contributed by atoms with van der Waals surface area (Å²) in [6.07, 6.45) is 3.27. The number of aromatic nitrogens is 3. The molecule has 0 spiro atoms. The number of carbonyl (C=O) groups is 2. The van der Waals surface area contributed by atoms with E-state index in [1.807, 2.05) is 0 Å². The number of hydrogen-bond acceptors (Lipinski definition) is 8. The third kappa shape index (κ3) is 2.88. The number of nitrogens with zero attached hydrogens (tertiary/aromatic N) is 4. The van der Waals surface area contributed by atoms with Gasteiger partial charge in [-0.15, -0.1) is 11.3 Å². The van der Waals surface area contributed by atoms with Gasteiger partial charge in [0.1, 0.15) is 5.54 Å². The van der Waals surface area contributed by atoms with Gasteiger partial charge in [0.05, 0.1) is 12.2 Å². The molecular weight excluding hydrogens is 394 g/mol. The molecule has 4 heterocycles. The van der Waals surface area contributed by atoms with Crippen LogP contribution in [0.4, 0.5) is 4.79 Å². The van der Waals surface area contributed by atoms with Crippen LogP contribution in [-0.4, -0.2) is 38.6 Å². The van der Waals surface area contributed by atoms with Gasteiger partial charge in [-0.1, -0.05) is 6.07 Å². The van der Waals surface area contributed by atoms with Crippen LogP contribution in [0, 0.1) is 0 Å². The maximum atomic E-state index is 13.1. The Morgan fingerprint density at radius 1 is 1.21 bits per heavy atom. The van der Waals surface area contributed by atoms with Crippen LogP contribution >= 0.6 is 11.3 Å². The molecule has 2 aliphatic rings. The lowest BCUT2D eigenvalue weighted by Crippen LogP contribution is -2.40. The average molecular weight is 409 g/mol. The fourth-order valence-corrected chi connectivity index (χ4v) is 4.05. The number of amides is 3. The van der Waals surface area contributed by atoms with Gasteiger partial charge < -0.3 is 14.8 Å². The first kappa shape index (κ1) is 17.6. The van der Waals surface area contributed by atoms with Crippen molar-refractivity contribution in [2.24, 2.45) is 0 Å². The molecule has 9 nitrogen and oxygen atoms in total. The number of nitrogens with one attached hydrogen (secondary N) is 1. The Hall–Kier alpha value is -3.53. The normalized spacial score (nSPS) is 20.2. The summed E-state index contributed by atoms with van der Waals surface area (Å²) in [5.41, 5.74) is 0.0227. The van der Waals surface area contributed by atoms with Crippen LogP contribution in [0.15, 0.2) is 42.0 Å². The van der Waals surface area contributed by atoms with Gasteiger partial charge in [-0.2, -0.15) is 0 Å². The van der Waals surface area contributed by atoms with E-state index in [0.29, 0.717) is 33.6 Å². The summed E-state index contributed by atoms with van der Waals surface area (Å²) >= 11 is 1.36. The van der Waals surface area contributed by atoms with E-state index in [-0.39, 0.29) is 19.2 Å². The Balaban J connectivity index is 1.39. The first-order valence-corrected chi connectivity index (χ1v) is 9.68. The van der Waals surface area contributed by atoms with Crippen LogP contribution in [0.25, 0.3) is 10.8 Å². The number of carbonyl (C=O) groups excluding carboxylic acids is 2. The second-order valence-corrected chi connectivity index (χ2v) is 7.59. The predicted octanol–water partition coefficient (Wildman–Crippen LogP) is 2.30. The van der Waals surface area contributed by atoms with Crippen molar-refractivity contribution in [2.45, 2.75) is 19.0 Å². The Bertz CT molecular complexity index is 1120. The van der Waals surface area contributed by atoms with Crippen LogP contribution in [0.3, 0.4) is 0 Å². The summed E-state index contributed by atoms with van der Waals surface area (Å²) in [7, 11) is 0. The van der Waals surface area contributed by atoms with Crippen LogP contribution in [-0.2, 0) is 16.9 Å². The summed E-state index contributed by atoms with van der Waals surface area (Å²) < 4.78 is 10.7.